The Morgan fingerprint density at radius 1 is 1.00 bits per heavy atom. The van der Waals surface area contributed by atoms with E-state index in [1.807, 2.05) is 0 Å². The quantitative estimate of drug-likeness (QED) is 0.692. The minimum Gasteiger partial charge on any atom is -0.354 e. The number of halogens is 1. The molecule has 2 aromatic rings. The third kappa shape index (κ3) is 3.31. The number of aromatic nitrogens is 2. The molecule has 0 aliphatic carbocycles. The van der Waals surface area contributed by atoms with E-state index in [1.165, 1.54) is 54.2 Å². The maximum absolute atomic E-state index is 4.67. The number of fused-ring (bicyclic) bond motifs is 1. The molecule has 0 N–H and O–H groups in total. The normalized spacial score (nSPS) is 23.3. The van der Waals surface area contributed by atoms with Crippen molar-refractivity contribution in [2.75, 3.05) is 31.1 Å². The van der Waals surface area contributed by atoms with Gasteiger partial charge in [-0.15, -0.1) is 0 Å². The van der Waals surface area contributed by atoms with Crippen LogP contribution in [-0.4, -0.2) is 47.1 Å². The van der Waals surface area contributed by atoms with Gasteiger partial charge in [0.05, 0.1) is 5.52 Å². The van der Waals surface area contributed by atoms with E-state index in [9.17, 15) is 0 Å². The average Bonchev–Trinajstić information content (AvgIpc) is 2.99. The topological polar surface area (TPSA) is 32.3 Å². The summed E-state index contributed by atoms with van der Waals surface area (Å²) in [6.45, 7) is 4.78. The van der Waals surface area contributed by atoms with Gasteiger partial charge in [-0.2, -0.15) is 0 Å². The highest BCUT2D eigenvalue weighted by Crippen LogP contribution is 2.28. The van der Waals surface area contributed by atoms with Gasteiger partial charge in [0.25, 0.3) is 0 Å². The van der Waals surface area contributed by atoms with Crippen molar-refractivity contribution in [2.45, 2.75) is 38.1 Å². The molecular weight excluding hydrogens is 399 g/mol. The Balaban J connectivity index is 1.66. The minimum atomic E-state index is 0.688. The first-order chi connectivity index (χ1) is 11.3. The molecular formula is C18H23IN4. The summed E-state index contributed by atoms with van der Waals surface area (Å²) in [6.07, 6.45) is 8.38. The largest absolute Gasteiger partial charge is 0.354 e. The summed E-state index contributed by atoms with van der Waals surface area (Å²) in [4.78, 5) is 14.3. The van der Waals surface area contributed by atoms with Crippen LogP contribution in [0.3, 0.4) is 0 Å². The van der Waals surface area contributed by atoms with Gasteiger partial charge < -0.3 is 4.90 Å². The first-order valence-electron chi connectivity index (χ1n) is 8.70. The molecule has 2 fully saturated rings. The summed E-state index contributed by atoms with van der Waals surface area (Å²) in [5, 5.41) is 1.20. The standard InChI is InChI=1S/C18H23IN4/c19-14-6-7-17-16(11-14)18(21-13-20-17)23-10-2-1-5-15(12-23)22-8-3-4-9-22/h6-7,11,13,15H,1-5,8-10,12H2. The van der Waals surface area contributed by atoms with Crippen LogP contribution in [0.4, 0.5) is 5.82 Å². The number of benzene rings is 1. The van der Waals surface area contributed by atoms with Crippen molar-refractivity contribution in [1.29, 1.82) is 0 Å². The average molecular weight is 422 g/mol. The molecule has 0 spiro atoms. The fourth-order valence-electron chi connectivity index (χ4n) is 3.98. The zero-order valence-corrected chi connectivity index (χ0v) is 15.6. The van der Waals surface area contributed by atoms with Crippen molar-refractivity contribution in [3.63, 3.8) is 0 Å². The lowest BCUT2D eigenvalue weighted by molar-refractivity contribution is 0.236. The summed E-state index contributed by atoms with van der Waals surface area (Å²) in [5.41, 5.74) is 1.05. The molecule has 1 aromatic carbocycles. The van der Waals surface area contributed by atoms with E-state index < -0.39 is 0 Å². The van der Waals surface area contributed by atoms with E-state index in [-0.39, 0.29) is 0 Å². The predicted octanol–water partition coefficient (Wildman–Crippen LogP) is 3.69. The second-order valence-corrected chi connectivity index (χ2v) is 7.94. The summed E-state index contributed by atoms with van der Waals surface area (Å²) in [7, 11) is 0. The lowest BCUT2D eigenvalue weighted by Crippen LogP contribution is -2.41. The van der Waals surface area contributed by atoms with Crippen LogP contribution in [0.25, 0.3) is 10.9 Å². The van der Waals surface area contributed by atoms with Gasteiger partial charge in [-0.25, -0.2) is 9.97 Å². The number of hydrogen-bond donors (Lipinski definition) is 0. The minimum absolute atomic E-state index is 0.688. The van der Waals surface area contributed by atoms with E-state index in [0.717, 1.165) is 24.4 Å². The molecule has 4 rings (SSSR count). The molecule has 122 valence electrons. The van der Waals surface area contributed by atoms with Crippen LogP contribution in [-0.2, 0) is 0 Å². The van der Waals surface area contributed by atoms with Crippen LogP contribution in [0, 0.1) is 3.57 Å². The molecule has 3 heterocycles. The Labute approximate surface area is 151 Å². The van der Waals surface area contributed by atoms with Crippen LogP contribution >= 0.6 is 22.6 Å². The van der Waals surface area contributed by atoms with E-state index in [1.54, 1.807) is 6.33 Å². The Hall–Kier alpha value is -0.950. The smallest absolute Gasteiger partial charge is 0.139 e. The number of nitrogens with zero attached hydrogens (tertiary/aromatic N) is 4. The second-order valence-electron chi connectivity index (χ2n) is 6.70. The Kier molecular flexibility index (Phi) is 4.66. The zero-order chi connectivity index (χ0) is 15.6. The molecule has 4 nitrogen and oxygen atoms in total. The first-order valence-corrected chi connectivity index (χ1v) is 9.78. The molecule has 0 radical (unpaired) electrons. The van der Waals surface area contributed by atoms with Gasteiger partial charge in [-0.1, -0.05) is 6.42 Å². The van der Waals surface area contributed by atoms with Gasteiger partial charge >= 0.3 is 0 Å². The van der Waals surface area contributed by atoms with Crippen LogP contribution in [0.5, 0.6) is 0 Å². The fourth-order valence-corrected chi connectivity index (χ4v) is 4.48. The molecule has 0 amide bonds. The number of likely N-dealkylation sites (tertiary alicyclic amines) is 1. The van der Waals surface area contributed by atoms with Gasteiger partial charge in [0.15, 0.2) is 0 Å². The van der Waals surface area contributed by atoms with Crippen LogP contribution < -0.4 is 4.90 Å². The summed E-state index contributed by atoms with van der Waals surface area (Å²) < 4.78 is 1.25. The van der Waals surface area contributed by atoms with Crippen molar-refractivity contribution in [2.24, 2.45) is 0 Å². The van der Waals surface area contributed by atoms with Gasteiger partial charge in [-0.3, -0.25) is 4.90 Å². The Bertz CT molecular complexity index is 684. The highest BCUT2D eigenvalue weighted by atomic mass is 127. The lowest BCUT2D eigenvalue weighted by atomic mass is 10.1. The summed E-state index contributed by atoms with van der Waals surface area (Å²) >= 11 is 2.38. The van der Waals surface area contributed by atoms with Crippen molar-refractivity contribution in [1.82, 2.24) is 14.9 Å². The number of anilines is 1. The molecule has 1 atom stereocenters. The first kappa shape index (κ1) is 15.6. The highest BCUT2D eigenvalue weighted by molar-refractivity contribution is 14.1. The van der Waals surface area contributed by atoms with E-state index in [4.69, 9.17) is 0 Å². The molecule has 2 aliphatic rings. The maximum atomic E-state index is 4.67. The number of rotatable bonds is 2. The second kappa shape index (κ2) is 6.89. The third-order valence-corrected chi connectivity index (χ3v) is 5.85. The molecule has 1 aromatic heterocycles. The van der Waals surface area contributed by atoms with Gasteiger partial charge in [-0.05, 0) is 79.6 Å². The monoisotopic (exact) mass is 422 g/mol. The van der Waals surface area contributed by atoms with Crippen molar-refractivity contribution in [3.05, 3.63) is 28.1 Å². The molecule has 2 aliphatic heterocycles. The van der Waals surface area contributed by atoms with Crippen LogP contribution in [0.15, 0.2) is 24.5 Å². The SMILES string of the molecule is Ic1ccc2ncnc(N3CCCCC(N4CCCC4)C3)c2c1. The van der Waals surface area contributed by atoms with Crippen molar-refractivity contribution in [3.8, 4) is 0 Å². The highest BCUT2D eigenvalue weighted by Gasteiger charge is 2.27. The molecule has 5 heteroatoms. The maximum Gasteiger partial charge on any atom is 0.139 e. The summed E-state index contributed by atoms with van der Waals surface area (Å²) in [5.74, 6) is 1.12. The molecule has 2 saturated heterocycles. The lowest BCUT2D eigenvalue weighted by Gasteiger charge is -2.31. The fraction of sp³-hybridized carbons (Fsp3) is 0.556. The third-order valence-electron chi connectivity index (χ3n) is 5.18. The van der Waals surface area contributed by atoms with Gasteiger partial charge in [0, 0.05) is 28.1 Å². The predicted molar refractivity (Wildman–Crippen MR) is 103 cm³/mol. The number of hydrogen-bond acceptors (Lipinski definition) is 4. The molecule has 0 bridgehead atoms. The zero-order valence-electron chi connectivity index (χ0n) is 13.4. The van der Waals surface area contributed by atoms with E-state index in [2.05, 4.69) is 60.6 Å². The van der Waals surface area contributed by atoms with Gasteiger partial charge in [0.2, 0.25) is 0 Å². The van der Waals surface area contributed by atoms with Crippen LogP contribution in [0.2, 0.25) is 0 Å². The molecule has 0 saturated carbocycles. The van der Waals surface area contributed by atoms with Crippen molar-refractivity contribution < 1.29 is 0 Å². The van der Waals surface area contributed by atoms with E-state index >= 15 is 0 Å². The van der Waals surface area contributed by atoms with Crippen LogP contribution in [0.1, 0.15) is 32.1 Å². The van der Waals surface area contributed by atoms with E-state index in [0.29, 0.717) is 6.04 Å². The molecule has 1 unspecified atom stereocenters. The summed E-state index contributed by atoms with van der Waals surface area (Å²) in [6, 6.07) is 7.14. The van der Waals surface area contributed by atoms with Gasteiger partial charge in [0.1, 0.15) is 12.1 Å². The Morgan fingerprint density at radius 3 is 2.70 bits per heavy atom. The van der Waals surface area contributed by atoms with Crippen molar-refractivity contribution >= 4 is 39.3 Å². The molecule has 23 heavy (non-hydrogen) atoms. The Morgan fingerprint density at radius 2 is 1.83 bits per heavy atom.